The molecular formula is C21H22N4O3S. The number of benzene rings is 2. The molecule has 0 unspecified atom stereocenters. The highest BCUT2D eigenvalue weighted by Gasteiger charge is 2.17. The average Bonchev–Trinajstić information content (AvgIpc) is 3.05. The molecule has 0 fully saturated rings. The number of rotatable bonds is 6. The lowest BCUT2D eigenvalue weighted by molar-refractivity contribution is 0.102. The molecule has 8 heteroatoms. The highest BCUT2D eigenvalue weighted by atomic mass is 32.1. The minimum atomic E-state index is -0.416. The first kappa shape index (κ1) is 20.3. The second-order valence-corrected chi connectivity index (χ2v) is 7.29. The van der Waals surface area contributed by atoms with Crippen molar-refractivity contribution in [2.75, 3.05) is 22.6 Å². The highest BCUT2D eigenvalue weighted by molar-refractivity contribution is 7.17. The normalized spacial score (nSPS) is 10.3. The number of aromatic nitrogens is 1. The van der Waals surface area contributed by atoms with Crippen LogP contribution in [-0.4, -0.2) is 23.5 Å². The van der Waals surface area contributed by atoms with Gasteiger partial charge in [0.05, 0.1) is 12.3 Å². The van der Waals surface area contributed by atoms with Crippen molar-refractivity contribution < 1.29 is 14.3 Å². The maximum absolute atomic E-state index is 12.6. The third kappa shape index (κ3) is 5.55. The highest BCUT2D eigenvalue weighted by Crippen LogP contribution is 2.24. The molecule has 7 nitrogen and oxygen atoms in total. The zero-order chi connectivity index (χ0) is 20.8. The van der Waals surface area contributed by atoms with Gasteiger partial charge < -0.3 is 15.4 Å². The van der Waals surface area contributed by atoms with E-state index >= 15 is 0 Å². The van der Waals surface area contributed by atoms with Crippen molar-refractivity contribution in [2.45, 2.75) is 20.8 Å². The van der Waals surface area contributed by atoms with E-state index in [-0.39, 0.29) is 5.91 Å². The molecule has 0 aliphatic carbocycles. The van der Waals surface area contributed by atoms with E-state index in [9.17, 15) is 9.59 Å². The Bertz CT molecular complexity index is 998. The van der Waals surface area contributed by atoms with Crippen LogP contribution in [0.4, 0.5) is 21.3 Å². The molecule has 2 aromatic carbocycles. The van der Waals surface area contributed by atoms with Gasteiger partial charge in [0, 0.05) is 11.4 Å². The molecule has 29 heavy (non-hydrogen) atoms. The third-order valence-electron chi connectivity index (χ3n) is 3.96. The quantitative estimate of drug-likeness (QED) is 0.530. The first-order valence-electron chi connectivity index (χ1n) is 9.11. The van der Waals surface area contributed by atoms with Gasteiger partial charge in [-0.15, -0.1) is 0 Å². The van der Waals surface area contributed by atoms with Gasteiger partial charge in [-0.05, 0) is 57.2 Å². The van der Waals surface area contributed by atoms with Gasteiger partial charge in [-0.3, -0.25) is 10.1 Å². The number of urea groups is 1. The summed E-state index contributed by atoms with van der Waals surface area (Å²) in [7, 11) is 0. The molecule has 0 radical (unpaired) electrons. The van der Waals surface area contributed by atoms with E-state index in [0.29, 0.717) is 33.7 Å². The molecule has 0 aliphatic rings. The number of nitrogens with zero attached hydrogens (tertiary/aromatic N) is 1. The van der Waals surface area contributed by atoms with Crippen LogP contribution in [0.3, 0.4) is 0 Å². The Hall–Kier alpha value is -3.39. The Morgan fingerprint density at radius 1 is 0.931 bits per heavy atom. The van der Waals surface area contributed by atoms with Gasteiger partial charge in [0.15, 0.2) is 5.13 Å². The standard InChI is InChI=1S/C21H22N4O3S/c1-4-28-17-11-9-15(10-12-17)23-19(26)18-14(3)22-21(29-18)25-20(27)24-16-7-5-13(2)6-8-16/h5-12H,4H2,1-3H3,(H,23,26)(H2,22,24,25,27). The van der Waals surface area contributed by atoms with Gasteiger partial charge in [-0.25, -0.2) is 9.78 Å². The number of thiazole rings is 1. The van der Waals surface area contributed by atoms with Crippen molar-refractivity contribution >= 4 is 39.8 Å². The van der Waals surface area contributed by atoms with Crippen molar-refractivity contribution in [1.29, 1.82) is 0 Å². The summed E-state index contributed by atoms with van der Waals surface area (Å²) in [5, 5.41) is 8.58. The van der Waals surface area contributed by atoms with E-state index in [1.807, 2.05) is 38.1 Å². The number of carbonyl (C=O) groups excluding carboxylic acids is 2. The second-order valence-electron chi connectivity index (χ2n) is 6.29. The van der Waals surface area contributed by atoms with Gasteiger partial charge in [-0.1, -0.05) is 29.0 Å². The van der Waals surface area contributed by atoms with Gasteiger partial charge in [0.25, 0.3) is 5.91 Å². The van der Waals surface area contributed by atoms with Gasteiger partial charge in [0.1, 0.15) is 10.6 Å². The number of ether oxygens (including phenoxy) is 1. The average molecular weight is 410 g/mol. The predicted molar refractivity (Wildman–Crippen MR) is 116 cm³/mol. The summed E-state index contributed by atoms with van der Waals surface area (Å²) in [5.41, 5.74) is 2.98. The van der Waals surface area contributed by atoms with Crippen LogP contribution in [0.1, 0.15) is 27.9 Å². The van der Waals surface area contributed by atoms with E-state index < -0.39 is 6.03 Å². The molecule has 0 saturated carbocycles. The second kappa shape index (κ2) is 9.20. The molecule has 3 aromatic rings. The maximum atomic E-state index is 12.6. The van der Waals surface area contributed by atoms with E-state index in [4.69, 9.17) is 4.74 Å². The number of hydrogen-bond donors (Lipinski definition) is 3. The molecule has 3 N–H and O–H groups in total. The van der Waals surface area contributed by atoms with E-state index in [1.54, 1.807) is 31.2 Å². The number of amides is 3. The van der Waals surface area contributed by atoms with Crippen LogP contribution in [0.15, 0.2) is 48.5 Å². The summed E-state index contributed by atoms with van der Waals surface area (Å²) in [6, 6.07) is 14.2. The first-order valence-corrected chi connectivity index (χ1v) is 9.92. The van der Waals surface area contributed by atoms with E-state index in [2.05, 4.69) is 20.9 Å². The van der Waals surface area contributed by atoms with Crippen LogP contribution in [0, 0.1) is 13.8 Å². The Kier molecular flexibility index (Phi) is 6.46. The number of carbonyl (C=O) groups is 2. The lowest BCUT2D eigenvalue weighted by Gasteiger charge is -2.06. The van der Waals surface area contributed by atoms with Gasteiger partial charge >= 0.3 is 6.03 Å². The minimum Gasteiger partial charge on any atom is -0.494 e. The molecular weight excluding hydrogens is 388 g/mol. The summed E-state index contributed by atoms with van der Waals surface area (Å²) in [6.45, 7) is 6.20. The summed E-state index contributed by atoms with van der Waals surface area (Å²) < 4.78 is 5.39. The van der Waals surface area contributed by atoms with Gasteiger partial charge in [0.2, 0.25) is 0 Å². The molecule has 1 aromatic heterocycles. The zero-order valence-electron chi connectivity index (χ0n) is 16.4. The summed E-state index contributed by atoms with van der Waals surface area (Å²) in [5.74, 6) is 0.460. The van der Waals surface area contributed by atoms with Crippen LogP contribution in [0.25, 0.3) is 0 Å². The lowest BCUT2D eigenvalue weighted by atomic mass is 10.2. The minimum absolute atomic E-state index is 0.281. The van der Waals surface area contributed by atoms with Crippen LogP contribution >= 0.6 is 11.3 Å². The first-order chi connectivity index (χ1) is 13.9. The summed E-state index contributed by atoms with van der Waals surface area (Å²) in [6.07, 6.45) is 0. The molecule has 0 bridgehead atoms. The van der Waals surface area contributed by atoms with Crippen molar-refractivity contribution in [3.63, 3.8) is 0 Å². The molecule has 3 amide bonds. The molecule has 3 rings (SSSR count). The fourth-order valence-electron chi connectivity index (χ4n) is 2.55. The molecule has 0 saturated heterocycles. The Morgan fingerprint density at radius 2 is 1.55 bits per heavy atom. The van der Waals surface area contributed by atoms with Crippen LogP contribution < -0.4 is 20.7 Å². The Labute approximate surface area is 173 Å². The number of anilines is 3. The summed E-state index contributed by atoms with van der Waals surface area (Å²) >= 11 is 1.12. The zero-order valence-corrected chi connectivity index (χ0v) is 17.2. The molecule has 0 aliphatic heterocycles. The van der Waals surface area contributed by atoms with Crippen molar-refractivity contribution in [3.8, 4) is 5.75 Å². The smallest absolute Gasteiger partial charge is 0.325 e. The fourth-order valence-corrected chi connectivity index (χ4v) is 3.40. The Balaban J connectivity index is 1.62. The number of hydrogen-bond acceptors (Lipinski definition) is 5. The largest absolute Gasteiger partial charge is 0.494 e. The van der Waals surface area contributed by atoms with Crippen LogP contribution in [-0.2, 0) is 0 Å². The van der Waals surface area contributed by atoms with Crippen molar-refractivity contribution in [1.82, 2.24) is 4.98 Å². The van der Waals surface area contributed by atoms with E-state index in [1.165, 1.54) is 0 Å². The van der Waals surface area contributed by atoms with Gasteiger partial charge in [-0.2, -0.15) is 0 Å². The molecule has 0 spiro atoms. The van der Waals surface area contributed by atoms with E-state index in [0.717, 1.165) is 22.6 Å². The van der Waals surface area contributed by atoms with Crippen LogP contribution in [0.5, 0.6) is 5.75 Å². The SMILES string of the molecule is CCOc1ccc(NC(=O)c2sc(NC(=O)Nc3ccc(C)cc3)nc2C)cc1. The van der Waals surface area contributed by atoms with Crippen LogP contribution in [0.2, 0.25) is 0 Å². The van der Waals surface area contributed by atoms with Crippen molar-refractivity contribution in [2.24, 2.45) is 0 Å². The summed E-state index contributed by atoms with van der Waals surface area (Å²) in [4.78, 5) is 29.4. The molecule has 150 valence electrons. The molecule has 0 atom stereocenters. The number of aryl methyl sites for hydroxylation is 2. The lowest BCUT2D eigenvalue weighted by Crippen LogP contribution is -2.19. The fraction of sp³-hybridized carbons (Fsp3) is 0.190. The van der Waals surface area contributed by atoms with Crippen molar-refractivity contribution in [3.05, 3.63) is 64.7 Å². The Morgan fingerprint density at radius 3 is 2.21 bits per heavy atom. The number of nitrogens with one attached hydrogen (secondary N) is 3. The third-order valence-corrected chi connectivity index (χ3v) is 5.03. The monoisotopic (exact) mass is 410 g/mol. The maximum Gasteiger partial charge on any atom is 0.325 e. The molecule has 1 heterocycles. The topological polar surface area (TPSA) is 92.4 Å². The predicted octanol–water partition coefficient (Wildman–Crippen LogP) is 5.05.